The minimum atomic E-state index is -0.304. The monoisotopic (exact) mass is 343 g/mol. The lowest BCUT2D eigenvalue weighted by Crippen LogP contribution is -2.14. The molecule has 0 fully saturated rings. The zero-order valence-corrected chi connectivity index (χ0v) is 13.6. The number of ether oxygens (including phenoxy) is 1. The molecule has 0 saturated carbocycles. The van der Waals surface area contributed by atoms with Crippen molar-refractivity contribution in [3.05, 3.63) is 59.8 Å². The summed E-state index contributed by atoms with van der Waals surface area (Å²) in [5.74, 6) is 0.0923. The molecule has 0 atom stereocenters. The molecule has 3 rings (SSSR count). The molecule has 0 aliphatic rings. The van der Waals surface area contributed by atoms with E-state index < -0.39 is 0 Å². The van der Waals surface area contributed by atoms with E-state index in [1.165, 1.54) is 12.5 Å². The summed E-state index contributed by atoms with van der Waals surface area (Å²) < 4.78 is 6.86. The molecule has 0 aliphatic heterocycles. The van der Waals surface area contributed by atoms with Crippen LogP contribution in [-0.4, -0.2) is 32.3 Å². The molecule has 1 amide bonds. The summed E-state index contributed by atoms with van der Waals surface area (Å²) in [5, 5.41) is 7.41. The highest BCUT2D eigenvalue weighted by Crippen LogP contribution is 2.24. The number of anilines is 1. The van der Waals surface area contributed by atoms with Gasteiger partial charge in [-0.05, 0) is 31.2 Å². The number of benzene rings is 1. The molecule has 2 heterocycles. The van der Waals surface area contributed by atoms with Crippen molar-refractivity contribution in [2.24, 2.45) is 0 Å². The van der Waals surface area contributed by atoms with E-state index in [4.69, 9.17) is 16.3 Å². The molecule has 2 aromatic heterocycles. The number of aromatic nitrogens is 4. The van der Waals surface area contributed by atoms with Gasteiger partial charge >= 0.3 is 0 Å². The number of hydrogen-bond acceptors (Lipinski definition) is 5. The van der Waals surface area contributed by atoms with E-state index in [2.05, 4.69) is 20.4 Å². The molecule has 0 aliphatic carbocycles. The lowest BCUT2D eigenvalue weighted by Gasteiger charge is -2.12. The highest BCUT2D eigenvalue weighted by Gasteiger charge is 2.12. The Morgan fingerprint density at radius 1 is 1.33 bits per heavy atom. The zero-order chi connectivity index (χ0) is 16.9. The summed E-state index contributed by atoms with van der Waals surface area (Å²) in [6, 6.07) is 8.32. The van der Waals surface area contributed by atoms with Gasteiger partial charge in [-0.3, -0.25) is 4.79 Å². The fraction of sp³-hybridized carbons (Fsp3) is 0.125. The predicted molar refractivity (Wildman–Crippen MR) is 89.7 cm³/mol. The Kier molecular flexibility index (Phi) is 4.72. The van der Waals surface area contributed by atoms with E-state index in [1.807, 2.05) is 6.92 Å². The lowest BCUT2D eigenvalue weighted by molar-refractivity contribution is 0.102. The highest BCUT2D eigenvalue weighted by atomic mass is 35.5. The van der Waals surface area contributed by atoms with Gasteiger partial charge in [-0.15, -0.1) is 0 Å². The molecule has 0 saturated heterocycles. The lowest BCUT2D eigenvalue weighted by atomic mass is 10.2. The number of amides is 1. The molecule has 0 radical (unpaired) electrons. The minimum absolute atomic E-state index is 0.304. The van der Waals surface area contributed by atoms with Gasteiger partial charge in [0.2, 0.25) is 5.88 Å². The Morgan fingerprint density at radius 2 is 2.21 bits per heavy atom. The van der Waals surface area contributed by atoms with Crippen molar-refractivity contribution in [3.8, 4) is 11.6 Å². The maximum absolute atomic E-state index is 12.5. The van der Waals surface area contributed by atoms with E-state index >= 15 is 0 Å². The third kappa shape index (κ3) is 3.52. The molecular formula is C16H14ClN5O2. The van der Waals surface area contributed by atoms with Crippen molar-refractivity contribution >= 4 is 23.2 Å². The Morgan fingerprint density at radius 3 is 2.96 bits per heavy atom. The Balaban J connectivity index is 1.89. The van der Waals surface area contributed by atoms with Gasteiger partial charge in [0.1, 0.15) is 12.7 Å². The quantitative estimate of drug-likeness (QED) is 0.770. The number of carbonyl (C=O) groups excluding carboxylic acids is 1. The van der Waals surface area contributed by atoms with Crippen LogP contribution in [0, 0.1) is 0 Å². The predicted octanol–water partition coefficient (Wildman–Crippen LogP) is 2.97. The van der Waals surface area contributed by atoms with E-state index in [-0.39, 0.29) is 5.91 Å². The van der Waals surface area contributed by atoms with Crippen molar-refractivity contribution in [2.45, 2.75) is 6.92 Å². The number of carbonyl (C=O) groups is 1. The second-order valence-corrected chi connectivity index (χ2v) is 5.21. The summed E-state index contributed by atoms with van der Waals surface area (Å²) in [6.07, 6.45) is 4.48. The highest BCUT2D eigenvalue weighted by molar-refractivity contribution is 6.31. The maximum Gasteiger partial charge on any atom is 0.255 e. The minimum Gasteiger partial charge on any atom is -0.478 e. The summed E-state index contributed by atoms with van der Waals surface area (Å²) >= 11 is 6.05. The SMILES string of the molecule is CCOc1cc(C(=O)Nc2cc(Cl)ccc2-n2cncn2)ccn1. The van der Waals surface area contributed by atoms with Crippen molar-refractivity contribution in [1.82, 2.24) is 19.7 Å². The summed E-state index contributed by atoms with van der Waals surface area (Å²) in [4.78, 5) is 20.5. The smallest absolute Gasteiger partial charge is 0.255 e. The van der Waals surface area contributed by atoms with Crippen LogP contribution in [0.4, 0.5) is 5.69 Å². The van der Waals surface area contributed by atoms with Crippen LogP contribution in [0.25, 0.3) is 5.69 Å². The fourth-order valence-electron chi connectivity index (χ4n) is 2.11. The van der Waals surface area contributed by atoms with Crippen molar-refractivity contribution < 1.29 is 9.53 Å². The van der Waals surface area contributed by atoms with Gasteiger partial charge in [0, 0.05) is 22.8 Å². The molecule has 24 heavy (non-hydrogen) atoms. The summed E-state index contributed by atoms with van der Waals surface area (Å²) in [7, 11) is 0. The van der Waals surface area contributed by atoms with Crippen molar-refractivity contribution in [3.63, 3.8) is 0 Å². The van der Waals surface area contributed by atoms with Gasteiger partial charge in [0.25, 0.3) is 5.91 Å². The Hall–Kier alpha value is -2.93. The second kappa shape index (κ2) is 7.10. The van der Waals surface area contributed by atoms with Gasteiger partial charge in [-0.25, -0.2) is 14.6 Å². The normalized spacial score (nSPS) is 10.4. The first-order valence-corrected chi connectivity index (χ1v) is 7.60. The van der Waals surface area contributed by atoms with Gasteiger partial charge < -0.3 is 10.1 Å². The molecule has 1 N–H and O–H groups in total. The molecule has 0 bridgehead atoms. The van der Waals surface area contributed by atoms with Crippen molar-refractivity contribution in [2.75, 3.05) is 11.9 Å². The van der Waals surface area contributed by atoms with Crippen LogP contribution in [0.15, 0.2) is 49.2 Å². The van der Waals surface area contributed by atoms with Crippen LogP contribution in [-0.2, 0) is 0 Å². The van der Waals surface area contributed by atoms with Gasteiger partial charge in [-0.2, -0.15) is 5.10 Å². The fourth-order valence-corrected chi connectivity index (χ4v) is 2.28. The van der Waals surface area contributed by atoms with E-state index in [0.29, 0.717) is 34.4 Å². The molecule has 0 unspecified atom stereocenters. The number of hydrogen-bond donors (Lipinski definition) is 1. The Labute approximate surface area is 143 Å². The topological polar surface area (TPSA) is 81.9 Å². The van der Waals surface area contributed by atoms with Crippen LogP contribution < -0.4 is 10.1 Å². The number of pyridine rings is 1. The molecule has 7 nitrogen and oxygen atoms in total. The summed E-state index contributed by atoms with van der Waals surface area (Å²) in [5.41, 5.74) is 1.61. The van der Waals surface area contributed by atoms with E-state index in [9.17, 15) is 4.79 Å². The molecule has 1 aromatic carbocycles. The zero-order valence-electron chi connectivity index (χ0n) is 12.8. The molecule has 0 spiro atoms. The van der Waals surface area contributed by atoms with Crippen LogP contribution in [0.5, 0.6) is 5.88 Å². The van der Waals surface area contributed by atoms with Crippen LogP contribution in [0.3, 0.4) is 0 Å². The largest absolute Gasteiger partial charge is 0.478 e. The number of halogens is 1. The van der Waals surface area contributed by atoms with Gasteiger partial charge in [-0.1, -0.05) is 11.6 Å². The first-order valence-electron chi connectivity index (χ1n) is 7.22. The van der Waals surface area contributed by atoms with Crippen LogP contribution in [0.1, 0.15) is 17.3 Å². The number of nitrogens with zero attached hydrogens (tertiary/aromatic N) is 4. The van der Waals surface area contributed by atoms with Crippen LogP contribution in [0.2, 0.25) is 5.02 Å². The average Bonchev–Trinajstić information content (AvgIpc) is 3.10. The first kappa shape index (κ1) is 15.9. The van der Waals surface area contributed by atoms with Gasteiger partial charge in [0.05, 0.1) is 18.0 Å². The average molecular weight is 344 g/mol. The van der Waals surface area contributed by atoms with Crippen molar-refractivity contribution in [1.29, 1.82) is 0 Å². The van der Waals surface area contributed by atoms with E-state index in [1.54, 1.807) is 41.3 Å². The molecule has 122 valence electrons. The standard InChI is InChI=1S/C16H14ClN5O2/c1-2-24-15-7-11(5-6-19-15)16(23)21-13-8-12(17)3-4-14(13)22-10-18-9-20-22/h3-10H,2H2,1H3,(H,21,23). The third-order valence-electron chi connectivity index (χ3n) is 3.16. The molecular weight excluding hydrogens is 330 g/mol. The second-order valence-electron chi connectivity index (χ2n) is 4.77. The third-order valence-corrected chi connectivity index (χ3v) is 3.40. The van der Waals surface area contributed by atoms with Crippen LogP contribution >= 0.6 is 11.6 Å². The molecule has 3 aromatic rings. The first-order chi connectivity index (χ1) is 11.7. The maximum atomic E-state index is 12.5. The summed E-state index contributed by atoms with van der Waals surface area (Å²) in [6.45, 7) is 2.33. The van der Waals surface area contributed by atoms with E-state index in [0.717, 1.165) is 0 Å². The Bertz CT molecular complexity index is 851. The number of rotatable bonds is 5. The van der Waals surface area contributed by atoms with Gasteiger partial charge in [0.15, 0.2) is 0 Å². The molecule has 8 heteroatoms. The number of nitrogens with one attached hydrogen (secondary N) is 1.